The number of rotatable bonds is 5. The summed E-state index contributed by atoms with van der Waals surface area (Å²) in [6, 6.07) is 9.89. The second-order valence-electron chi connectivity index (χ2n) is 5.20. The summed E-state index contributed by atoms with van der Waals surface area (Å²) in [5, 5.41) is 0. The van der Waals surface area contributed by atoms with E-state index in [0.29, 0.717) is 0 Å². The fourth-order valence-corrected chi connectivity index (χ4v) is 2.31. The largest absolute Gasteiger partial charge is 0.491 e. The minimum atomic E-state index is -0.0828. The van der Waals surface area contributed by atoms with Gasteiger partial charge in [-0.15, -0.1) is 0 Å². The van der Waals surface area contributed by atoms with Gasteiger partial charge in [0.05, 0.1) is 12.1 Å². The average molecular weight is 274 g/mol. The Kier molecular flexibility index (Phi) is 4.47. The summed E-state index contributed by atoms with van der Waals surface area (Å²) in [6.45, 7) is 7.90. The van der Waals surface area contributed by atoms with E-state index in [-0.39, 0.29) is 12.1 Å². The molecule has 0 amide bonds. The first-order valence-corrected chi connectivity index (χ1v) is 6.81. The standard InChI is InChI=1S/C16H22N2O2/c1-10(2)19-14-7-5-13(6-8-14)16(18-17)15-9-11(3)20-12(15)4/h5-10,16,18H,17H2,1-4H3. The second kappa shape index (κ2) is 6.11. The first-order chi connectivity index (χ1) is 9.51. The molecule has 1 unspecified atom stereocenters. The zero-order chi connectivity index (χ0) is 14.7. The molecular weight excluding hydrogens is 252 g/mol. The maximum absolute atomic E-state index is 5.71. The van der Waals surface area contributed by atoms with Gasteiger partial charge in [0.1, 0.15) is 17.3 Å². The van der Waals surface area contributed by atoms with Gasteiger partial charge in [-0.2, -0.15) is 0 Å². The molecule has 2 aromatic rings. The van der Waals surface area contributed by atoms with Crippen molar-refractivity contribution in [3.8, 4) is 5.75 Å². The Bertz CT molecular complexity index is 558. The minimum absolute atomic E-state index is 0.0828. The molecule has 1 aromatic carbocycles. The Morgan fingerprint density at radius 2 is 1.80 bits per heavy atom. The molecule has 3 N–H and O–H groups in total. The first kappa shape index (κ1) is 14.6. The number of hydrazine groups is 1. The zero-order valence-corrected chi connectivity index (χ0v) is 12.4. The molecule has 4 heteroatoms. The highest BCUT2D eigenvalue weighted by Crippen LogP contribution is 2.28. The molecule has 0 aliphatic heterocycles. The maximum Gasteiger partial charge on any atom is 0.119 e. The monoisotopic (exact) mass is 274 g/mol. The van der Waals surface area contributed by atoms with Crippen LogP contribution < -0.4 is 16.0 Å². The smallest absolute Gasteiger partial charge is 0.119 e. The molecule has 0 saturated carbocycles. The van der Waals surface area contributed by atoms with Gasteiger partial charge >= 0.3 is 0 Å². The summed E-state index contributed by atoms with van der Waals surface area (Å²) in [6.07, 6.45) is 0.169. The molecule has 1 heterocycles. The van der Waals surface area contributed by atoms with Gasteiger partial charge in [-0.3, -0.25) is 5.84 Å². The van der Waals surface area contributed by atoms with Crippen LogP contribution in [0.25, 0.3) is 0 Å². The highest BCUT2D eigenvalue weighted by molar-refractivity contribution is 5.37. The van der Waals surface area contributed by atoms with E-state index in [2.05, 4.69) is 5.43 Å². The average Bonchev–Trinajstić information content (AvgIpc) is 2.71. The van der Waals surface area contributed by atoms with E-state index in [1.54, 1.807) is 0 Å². The normalized spacial score (nSPS) is 12.7. The van der Waals surface area contributed by atoms with Gasteiger partial charge in [0, 0.05) is 5.56 Å². The van der Waals surface area contributed by atoms with Gasteiger partial charge < -0.3 is 9.15 Å². The number of furan rings is 1. The maximum atomic E-state index is 5.71. The Balaban J connectivity index is 2.26. The van der Waals surface area contributed by atoms with Crippen LogP contribution in [0.3, 0.4) is 0 Å². The van der Waals surface area contributed by atoms with Crippen LogP contribution in [-0.2, 0) is 0 Å². The van der Waals surface area contributed by atoms with Crippen LogP contribution >= 0.6 is 0 Å². The van der Waals surface area contributed by atoms with Crippen molar-refractivity contribution in [2.45, 2.75) is 39.8 Å². The van der Waals surface area contributed by atoms with Crippen molar-refractivity contribution < 1.29 is 9.15 Å². The van der Waals surface area contributed by atoms with Crippen LogP contribution in [-0.4, -0.2) is 6.10 Å². The Morgan fingerprint density at radius 3 is 2.25 bits per heavy atom. The molecule has 0 saturated heterocycles. The molecular formula is C16H22N2O2. The molecule has 0 spiro atoms. The van der Waals surface area contributed by atoms with Crippen LogP contribution in [0.2, 0.25) is 0 Å². The predicted molar refractivity (Wildman–Crippen MR) is 79.6 cm³/mol. The second-order valence-corrected chi connectivity index (χ2v) is 5.20. The van der Waals surface area contributed by atoms with Gasteiger partial charge in [-0.1, -0.05) is 12.1 Å². The number of hydrogen-bond donors (Lipinski definition) is 2. The van der Waals surface area contributed by atoms with E-state index < -0.39 is 0 Å². The van der Waals surface area contributed by atoms with Crippen LogP contribution in [0.1, 0.15) is 42.5 Å². The molecule has 1 aromatic heterocycles. The van der Waals surface area contributed by atoms with E-state index in [1.165, 1.54) is 0 Å². The topological polar surface area (TPSA) is 60.4 Å². The summed E-state index contributed by atoms with van der Waals surface area (Å²) >= 11 is 0. The zero-order valence-electron chi connectivity index (χ0n) is 12.4. The fraction of sp³-hybridized carbons (Fsp3) is 0.375. The minimum Gasteiger partial charge on any atom is -0.491 e. The number of ether oxygens (including phenoxy) is 1. The molecule has 2 rings (SSSR count). The highest BCUT2D eigenvalue weighted by atomic mass is 16.5. The number of nitrogens with one attached hydrogen (secondary N) is 1. The highest BCUT2D eigenvalue weighted by Gasteiger charge is 2.18. The Hall–Kier alpha value is -1.78. The number of benzene rings is 1. The summed E-state index contributed by atoms with van der Waals surface area (Å²) in [7, 11) is 0. The Morgan fingerprint density at radius 1 is 1.15 bits per heavy atom. The van der Waals surface area contributed by atoms with Crippen molar-refractivity contribution in [3.63, 3.8) is 0 Å². The molecule has 0 radical (unpaired) electrons. The lowest BCUT2D eigenvalue weighted by Crippen LogP contribution is -2.29. The lowest BCUT2D eigenvalue weighted by molar-refractivity contribution is 0.242. The predicted octanol–water partition coefficient (Wildman–Crippen LogP) is 3.24. The molecule has 1 atom stereocenters. The van der Waals surface area contributed by atoms with Crippen molar-refractivity contribution in [3.05, 3.63) is 53.0 Å². The lowest BCUT2D eigenvalue weighted by atomic mass is 9.99. The van der Waals surface area contributed by atoms with Gasteiger partial charge in [0.15, 0.2) is 0 Å². The Labute approximate surface area is 119 Å². The molecule has 0 aliphatic rings. The van der Waals surface area contributed by atoms with Crippen molar-refractivity contribution in [1.29, 1.82) is 0 Å². The van der Waals surface area contributed by atoms with E-state index in [4.69, 9.17) is 15.0 Å². The van der Waals surface area contributed by atoms with Crippen LogP contribution in [0.5, 0.6) is 5.75 Å². The van der Waals surface area contributed by atoms with E-state index in [0.717, 1.165) is 28.4 Å². The molecule has 4 nitrogen and oxygen atoms in total. The third-order valence-electron chi connectivity index (χ3n) is 3.14. The van der Waals surface area contributed by atoms with E-state index >= 15 is 0 Å². The molecule has 20 heavy (non-hydrogen) atoms. The number of aryl methyl sites for hydroxylation is 2. The van der Waals surface area contributed by atoms with Gasteiger partial charge in [0.2, 0.25) is 0 Å². The van der Waals surface area contributed by atoms with Crippen molar-refractivity contribution in [2.24, 2.45) is 5.84 Å². The SMILES string of the molecule is Cc1cc(C(NN)c2ccc(OC(C)C)cc2)c(C)o1. The van der Waals surface area contributed by atoms with Crippen molar-refractivity contribution in [2.75, 3.05) is 0 Å². The molecule has 0 fully saturated rings. The van der Waals surface area contributed by atoms with Crippen molar-refractivity contribution >= 4 is 0 Å². The molecule has 0 bridgehead atoms. The number of nitrogens with two attached hydrogens (primary N) is 1. The number of hydrogen-bond acceptors (Lipinski definition) is 4. The van der Waals surface area contributed by atoms with Crippen molar-refractivity contribution in [1.82, 2.24) is 5.43 Å². The lowest BCUT2D eigenvalue weighted by Gasteiger charge is -2.17. The summed E-state index contributed by atoms with van der Waals surface area (Å²) in [5.41, 5.74) is 4.98. The van der Waals surface area contributed by atoms with Gasteiger partial charge in [0.25, 0.3) is 0 Å². The van der Waals surface area contributed by atoms with Gasteiger partial charge in [-0.05, 0) is 51.5 Å². The summed E-state index contributed by atoms with van der Waals surface area (Å²) in [4.78, 5) is 0. The summed E-state index contributed by atoms with van der Waals surface area (Å²) < 4.78 is 11.2. The van der Waals surface area contributed by atoms with Crippen LogP contribution in [0.15, 0.2) is 34.7 Å². The molecule has 0 aliphatic carbocycles. The third kappa shape index (κ3) is 3.21. The quantitative estimate of drug-likeness (QED) is 0.649. The molecule has 108 valence electrons. The fourth-order valence-electron chi connectivity index (χ4n) is 2.31. The summed E-state index contributed by atoms with van der Waals surface area (Å²) in [5.74, 6) is 8.34. The van der Waals surface area contributed by atoms with E-state index in [9.17, 15) is 0 Å². The van der Waals surface area contributed by atoms with Crippen LogP contribution in [0.4, 0.5) is 0 Å². The van der Waals surface area contributed by atoms with E-state index in [1.807, 2.05) is 58.0 Å². The first-order valence-electron chi connectivity index (χ1n) is 6.81. The van der Waals surface area contributed by atoms with Crippen LogP contribution in [0, 0.1) is 13.8 Å². The van der Waals surface area contributed by atoms with Gasteiger partial charge in [-0.25, -0.2) is 5.43 Å². The third-order valence-corrected chi connectivity index (χ3v) is 3.14.